The van der Waals surface area contributed by atoms with Crippen molar-refractivity contribution >= 4 is 23.6 Å². The number of unbranched alkanes of at least 4 members (excludes halogenated alkanes) is 1. The Morgan fingerprint density at radius 2 is 1.71 bits per heavy atom. The van der Waals surface area contributed by atoms with Gasteiger partial charge in [-0.2, -0.15) is 0 Å². The molecule has 0 spiro atoms. The lowest BCUT2D eigenvalue weighted by atomic mass is 9.96. The largest absolute Gasteiger partial charge is 0.497 e. The van der Waals surface area contributed by atoms with Gasteiger partial charge in [-0.1, -0.05) is 37.1 Å². The Balaban J connectivity index is 2.51. The minimum absolute atomic E-state index is 0.246. The summed E-state index contributed by atoms with van der Waals surface area (Å²) < 4.78 is 10.5. The highest BCUT2D eigenvalue weighted by molar-refractivity contribution is 5.99. The lowest BCUT2D eigenvalue weighted by molar-refractivity contribution is -0.141. The van der Waals surface area contributed by atoms with E-state index in [2.05, 4.69) is 10.6 Å². The number of aryl methyl sites for hydroxylation is 2. The first-order valence-corrected chi connectivity index (χ1v) is 12.8. The average Bonchev–Trinajstić information content (AvgIpc) is 2.85. The van der Waals surface area contributed by atoms with E-state index in [1.165, 1.54) is 4.90 Å². The highest BCUT2D eigenvalue weighted by Crippen LogP contribution is 2.29. The first kappa shape index (κ1) is 30.6. The molecule has 0 aliphatic rings. The van der Waals surface area contributed by atoms with E-state index in [1.54, 1.807) is 52.1 Å². The van der Waals surface area contributed by atoms with E-state index in [4.69, 9.17) is 9.47 Å². The van der Waals surface area contributed by atoms with Crippen LogP contribution < -0.4 is 15.4 Å². The number of nitrogens with zero attached hydrogens (tertiary/aromatic N) is 1. The zero-order chi connectivity index (χ0) is 28.5. The lowest BCUT2D eigenvalue weighted by Crippen LogP contribution is -2.54. The molecule has 2 rings (SSSR count). The Morgan fingerprint density at radius 1 is 1.05 bits per heavy atom. The van der Waals surface area contributed by atoms with Crippen molar-refractivity contribution in [3.05, 3.63) is 59.2 Å². The topological polar surface area (TPSA) is 117 Å². The fourth-order valence-electron chi connectivity index (χ4n) is 3.92. The van der Waals surface area contributed by atoms with E-state index in [1.807, 2.05) is 39.0 Å². The number of methoxy groups -OCH3 is 1. The van der Waals surface area contributed by atoms with Gasteiger partial charge in [-0.05, 0) is 76.4 Å². The molecule has 0 aromatic heterocycles. The lowest BCUT2D eigenvalue weighted by Gasteiger charge is -2.35. The maximum Gasteiger partial charge on any atom is 0.408 e. The Hall–Kier alpha value is -3.59. The maximum atomic E-state index is 13.9. The summed E-state index contributed by atoms with van der Waals surface area (Å²) in [5.41, 5.74) is 2.19. The van der Waals surface area contributed by atoms with E-state index >= 15 is 0 Å². The highest BCUT2D eigenvalue weighted by atomic mass is 16.6. The Labute approximate surface area is 225 Å². The zero-order valence-corrected chi connectivity index (χ0v) is 23.5. The number of hydrogen-bond acceptors (Lipinski definition) is 6. The number of amides is 3. The van der Waals surface area contributed by atoms with Crippen LogP contribution in [0.2, 0.25) is 0 Å². The van der Waals surface area contributed by atoms with Gasteiger partial charge in [0.25, 0.3) is 5.91 Å². The second-order valence-corrected chi connectivity index (χ2v) is 10.2. The summed E-state index contributed by atoms with van der Waals surface area (Å²) in [5.74, 6) is -0.349. The minimum atomic E-state index is -1.29. The summed E-state index contributed by atoms with van der Waals surface area (Å²) >= 11 is 0. The van der Waals surface area contributed by atoms with Crippen LogP contribution in [0.5, 0.6) is 5.75 Å². The molecule has 3 N–H and O–H groups in total. The van der Waals surface area contributed by atoms with E-state index in [9.17, 15) is 19.5 Å². The standard InChI is InChI=1S/C29H41N3O6/c1-8-9-16-32(27(35)24(18-33)31-28(36)38-29(4,5)6)25(23-17-19(2)10-11-20(23)3)26(34)30-21-12-14-22(37-7)15-13-21/h10-15,17,24-25,33H,8-9,16,18H2,1-7H3,(H,30,34)(H,31,36). The molecule has 0 heterocycles. The molecule has 2 aromatic rings. The molecule has 0 aliphatic heterocycles. The van der Waals surface area contributed by atoms with Crippen LogP contribution in [-0.4, -0.2) is 59.8 Å². The van der Waals surface area contributed by atoms with Crippen molar-refractivity contribution < 1.29 is 29.0 Å². The Morgan fingerprint density at radius 3 is 2.26 bits per heavy atom. The molecule has 9 heteroatoms. The first-order valence-electron chi connectivity index (χ1n) is 12.8. The van der Waals surface area contributed by atoms with Crippen molar-refractivity contribution in [1.29, 1.82) is 0 Å². The third-order valence-electron chi connectivity index (χ3n) is 5.85. The van der Waals surface area contributed by atoms with Gasteiger partial charge in [0, 0.05) is 12.2 Å². The molecular weight excluding hydrogens is 486 g/mol. The normalized spacial score (nSPS) is 12.7. The second-order valence-electron chi connectivity index (χ2n) is 10.2. The van der Waals surface area contributed by atoms with Crippen molar-refractivity contribution in [3.8, 4) is 5.75 Å². The van der Waals surface area contributed by atoms with Crippen LogP contribution in [0, 0.1) is 13.8 Å². The van der Waals surface area contributed by atoms with Gasteiger partial charge in [0.05, 0.1) is 13.7 Å². The number of carbonyl (C=O) groups excluding carboxylic acids is 3. The van der Waals surface area contributed by atoms with Crippen molar-refractivity contribution in [1.82, 2.24) is 10.2 Å². The SMILES string of the molecule is CCCCN(C(=O)C(CO)NC(=O)OC(C)(C)C)C(C(=O)Nc1ccc(OC)cc1)c1cc(C)ccc1C. The van der Waals surface area contributed by atoms with Crippen molar-refractivity contribution in [2.75, 3.05) is 25.6 Å². The fourth-order valence-corrected chi connectivity index (χ4v) is 3.92. The fraction of sp³-hybridized carbons (Fsp3) is 0.483. The van der Waals surface area contributed by atoms with Crippen LogP contribution in [0.4, 0.5) is 10.5 Å². The van der Waals surface area contributed by atoms with E-state index in [0.29, 0.717) is 23.4 Å². The van der Waals surface area contributed by atoms with Gasteiger partial charge in [0.2, 0.25) is 5.91 Å². The monoisotopic (exact) mass is 527 g/mol. The predicted molar refractivity (Wildman–Crippen MR) is 147 cm³/mol. The van der Waals surface area contributed by atoms with Gasteiger partial charge in [0.1, 0.15) is 23.4 Å². The molecule has 0 radical (unpaired) electrons. The number of hydrogen-bond donors (Lipinski definition) is 3. The molecule has 2 unspecified atom stereocenters. The maximum absolute atomic E-state index is 13.9. The number of anilines is 1. The van der Waals surface area contributed by atoms with Crippen LogP contribution in [0.25, 0.3) is 0 Å². The van der Waals surface area contributed by atoms with E-state index in [-0.39, 0.29) is 6.54 Å². The molecule has 208 valence electrons. The van der Waals surface area contributed by atoms with Gasteiger partial charge in [-0.25, -0.2) is 4.79 Å². The number of alkyl carbamates (subject to hydrolysis) is 1. The molecule has 0 saturated heterocycles. The van der Waals surface area contributed by atoms with Gasteiger partial charge in [-0.15, -0.1) is 0 Å². The van der Waals surface area contributed by atoms with Crippen molar-refractivity contribution in [2.45, 2.75) is 72.1 Å². The van der Waals surface area contributed by atoms with Crippen LogP contribution in [0.1, 0.15) is 63.3 Å². The number of benzene rings is 2. The molecule has 3 amide bonds. The summed E-state index contributed by atoms with van der Waals surface area (Å²) in [5, 5.41) is 15.4. The van der Waals surface area contributed by atoms with Crippen LogP contribution in [0.3, 0.4) is 0 Å². The van der Waals surface area contributed by atoms with Crippen LogP contribution in [0.15, 0.2) is 42.5 Å². The summed E-state index contributed by atoms with van der Waals surface area (Å²) in [7, 11) is 1.56. The predicted octanol–water partition coefficient (Wildman–Crippen LogP) is 4.51. The molecular formula is C29H41N3O6. The second kappa shape index (κ2) is 13.8. The molecule has 2 atom stereocenters. The molecule has 0 saturated carbocycles. The van der Waals surface area contributed by atoms with Crippen molar-refractivity contribution in [2.24, 2.45) is 0 Å². The van der Waals surface area contributed by atoms with E-state index in [0.717, 1.165) is 17.5 Å². The smallest absolute Gasteiger partial charge is 0.408 e. The molecule has 0 bridgehead atoms. The molecule has 2 aromatic carbocycles. The quantitative estimate of drug-likeness (QED) is 0.396. The van der Waals surface area contributed by atoms with Gasteiger partial charge < -0.3 is 30.1 Å². The van der Waals surface area contributed by atoms with Crippen LogP contribution >= 0.6 is 0 Å². The molecule has 0 fully saturated rings. The number of rotatable bonds is 11. The third-order valence-corrected chi connectivity index (χ3v) is 5.85. The van der Waals surface area contributed by atoms with Gasteiger partial charge >= 0.3 is 6.09 Å². The van der Waals surface area contributed by atoms with Gasteiger partial charge in [-0.3, -0.25) is 9.59 Å². The minimum Gasteiger partial charge on any atom is -0.497 e. The van der Waals surface area contributed by atoms with E-state index < -0.39 is 42.2 Å². The number of nitrogens with one attached hydrogen (secondary N) is 2. The highest BCUT2D eigenvalue weighted by Gasteiger charge is 2.36. The average molecular weight is 528 g/mol. The molecule has 9 nitrogen and oxygen atoms in total. The number of ether oxygens (including phenoxy) is 2. The Kier molecular flexibility index (Phi) is 11.1. The number of carbonyl (C=O) groups is 3. The van der Waals surface area contributed by atoms with Gasteiger partial charge in [0.15, 0.2) is 0 Å². The van der Waals surface area contributed by atoms with Crippen molar-refractivity contribution in [3.63, 3.8) is 0 Å². The third kappa shape index (κ3) is 8.76. The Bertz CT molecular complexity index is 1090. The van der Waals surface area contributed by atoms with Crippen LogP contribution in [-0.2, 0) is 14.3 Å². The number of aliphatic hydroxyl groups is 1. The zero-order valence-electron chi connectivity index (χ0n) is 23.5. The summed E-state index contributed by atoms with van der Waals surface area (Å²) in [4.78, 5) is 41.5. The number of aliphatic hydroxyl groups excluding tert-OH is 1. The summed E-state index contributed by atoms with van der Waals surface area (Å²) in [6.07, 6.45) is 0.562. The first-order chi connectivity index (χ1) is 17.9. The molecule has 0 aliphatic carbocycles. The molecule has 38 heavy (non-hydrogen) atoms. The summed E-state index contributed by atoms with van der Waals surface area (Å²) in [6, 6.07) is 10.3. The summed E-state index contributed by atoms with van der Waals surface area (Å²) in [6.45, 7) is 10.5.